The number of rotatable bonds is 3. The molecular formula is C18H31N3O2. The number of piperidine rings is 1. The zero-order valence-corrected chi connectivity index (χ0v) is 14.7. The zero-order chi connectivity index (χ0) is 16.4. The molecule has 0 aromatic heterocycles. The van der Waals surface area contributed by atoms with Crippen molar-refractivity contribution in [2.75, 3.05) is 32.7 Å². The molecule has 0 spiro atoms. The first kappa shape index (κ1) is 16.7. The van der Waals surface area contributed by atoms with Crippen LogP contribution in [0, 0.1) is 5.92 Å². The molecule has 23 heavy (non-hydrogen) atoms. The Balaban J connectivity index is 1.67. The van der Waals surface area contributed by atoms with Crippen LogP contribution in [0.4, 0.5) is 0 Å². The van der Waals surface area contributed by atoms with Crippen molar-refractivity contribution in [1.82, 2.24) is 14.7 Å². The summed E-state index contributed by atoms with van der Waals surface area (Å²) in [6.45, 7) is 8.46. The van der Waals surface area contributed by atoms with Crippen molar-refractivity contribution in [3.05, 3.63) is 0 Å². The second-order valence-corrected chi connectivity index (χ2v) is 7.38. The van der Waals surface area contributed by atoms with Crippen LogP contribution in [0.15, 0.2) is 0 Å². The fraction of sp³-hybridized carbons (Fsp3) is 0.889. The van der Waals surface area contributed by atoms with Crippen molar-refractivity contribution in [2.24, 2.45) is 5.92 Å². The van der Waals surface area contributed by atoms with Crippen molar-refractivity contribution in [2.45, 2.75) is 64.5 Å². The first-order chi connectivity index (χ1) is 11.1. The molecule has 0 bridgehead atoms. The lowest BCUT2D eigenvalue weighted by Gasteiger charge is -2.38. The molecule has 3 aliphatic rings. The first-order valence-electron chi connectivity index (χ1n) is 9.42. The normalized spacial score (nSPS) is 32.5. The standard InChI is InChI=1S/C18H31N3O2/c1-3-19-10-5-8-16(19)17-9-6-12-21(17)18(23)15-7-4-11-20(13-15)14(2)22/h15-17H,3-13H2,1-2H3. The fourth-order valence-electron chi connectivity index (χ4n) is 4.85. The Hall–Kier alpha value is -1.10. The highest BCUT2D eigenvalue weighted by molar-refractivity contribution is 5.81. The quantitative estimate of drug-likeness (QED) is 0.795. The number of amides is 2. The predicted molar refractivity (Wildman–Crippen MR) is 90.0 cm³/mol. The second kappa shape index (κ2) is 7.20. The molecule has 0 aromatic carbocycles. The molecule has 2 amide bonds. The summed E-state index contributed by atoms with van der Waals surface area (Å²) in [6.07, 6.45) is 6.67. The van der Waals surface area contributed by atoms with Crippen LogP contribution in [0.2, 0.25) is 0 Å². The molecule has 5 nitrogen and oxygen atoms in total. The zero-order valence-electron chi connectivity index (χ0n) is 14.7. The molecule has 130 valence electrons. The molecule has 0 aliphatic carbocycles. The van der Waals surface area contributed by atoms with Crippen LogP contribution >= 0.6 is 0 Å². The Morgan fingerprint density at radius 3 is 2.39 bits per heavy atom. The maximum absolute atomic E-state index is 13.1. The van der Waals surface area contributed by atoms with E-state index in [1.165, 1.54) is 19.4 Å². The van der Waals surface area contributed by atoms with Crippen molar-refractivity contribution in [3.63, 3.8) is 0 Å². The van der Waals surface area contributed by atoms with Crippen molar-refractivity contribution in [1.29, 1.82) is 0 Å². The lowest BCUT2D eigenvalue weighted by atomic mass is 9.95. The molecule has 3 aliphatic heterocycles. The van der Waals surface area contributed by atoms with Gasteiger partial charge in [0.05, 0.1) is 5.92 Å². The van der Waals surface area contributed by atoms with E-state index < -0.39 is 0 Å². The summed E-state index contributed by atoms with van der Waals surface area (Å²) in [4.78, 5) is 31.3. The number of likely N-dealkylation sites (N-methyl/N-ethyl adjacent to an activating group) is 1. The molecule has 3 atom stereocenters. The average Bonchev–Trinajstić information content (AvgIpc) is 3.22. The molecule has 0 radical (unpaired) electrons. The number of likely N-dealkylation sites (tertiary alicyclic amines) is 3. The summed E-state index contributed by atoms with van der Waals surface area (Å²) < 4.78 is 0. The third kappa shape index (κ3) is 3.39. The lowest BCUT2D eigenvalue weighted by Crippen LogP contribution is -2.52. The topological polar surface area (TPSA) is 43.9 Å². The highest BCUT2D eigenvalue weighted by Crippen LogP contribution is 2.32. The summed E-state index contributed by atoms with van der Waals surface area (Å²) in [6, 6.07) is 0.955. The van der Waals surface area contributed by atoms with E-state index in [1.807, 2.05) is 4.90 Å². The van der Waals surface area contributed by atoms with Gasteiger partial charge < -0.3 is 9.80 Å². The summed E-state index contributed by atoms with van der Waals surface area (Å²) >= 11 is 0. The van der Waals surface area contributed by atoms with E-state index in [0.717, 1.165) is 45.3 Å². The highest BCUT2D eigenvalue weighted by atomic mass is 16.2. The van der Waals surface area contributed by atoms with Crippen LogP contribution in [-0.4, -0.2) is 71.3 Å². The predicted octanol–water partition coefficient (Wildman–Crippen LogP) is 1.72. The van der Waals surface area contributed by atoms with Gasteiger partial charge >= 0.3 is 0 Å². The van der Waals surface area contributed by atoms with E-state index >= 15 is 0 Å². The van der Waals surface area contributed by atoms with Gasteiger partial charge in [0.2, 0.25) is 11.8 Å². The van der Waals surface area contributed by atoms with Crippen molar-refractivity contribution >= 4 is 11.8 Å². The van der Waals surface area contributed by atoms with Crippen LogP contribution < -0.4 is 0 Å². The first-order valence-corrected chi connectivity index (χ1v) is 9.42. The second-order valence-electron chi connectivity index (χ2n) is 7.38. The maximum Gasteiger partial charge on any atom is 0.227 e. The molecule has 3 heterocycles. The smallest absolute Gasteiger partial charge is 0.227 e. The Morgan fingerprint density at radius 1 is 0.957 bits per heavy atom. The van der Waals surface area contributed by atoms with Gasteiger partial charge in [-0.2, -0.15) is 0 Å². The van der Waals surface area contributed by atoms with Gasteiger partial charge in [0.25, 0.3) is 0 Å². The maximum atomic E-state index is 13.1. The van der Waals surface area contributed by atoms with Gasteiger partial charge in [0.1, 0.15) is 0 Å². The van der Waals surface area contributed by atoms with Gasteiger partial charge in [0, 0.05) is 38.6 Å². The number of hydrogen-bond acceptors (Lipinski definition) is 3. The molecule has 3 fully saturated rings. The number of carbonyl (C=O) groups excluding carboxylic acids is 2. The highest BCUT2D eigenvalue weighted by Gasteiger charge is 2.41. The van der Waals surface area contributed by atoms with Gasteiger partial charge in [-0.3, -0.25) is 14.5 Å². The van der Waals surface area contributed by atoms with E-state index in [1.54, 1.807) is 6.92 Å². The van der Waals surface area contributed by atoms with E-state index in [0.29, 0.717) is 24.5 Å². The van der Waals surface area contributed by atoms with Gasteiger partial charge in [-0.25, -0.2) is 0 Å². The minimum atomic E-state index is 0.0183. The fourth-order valence-corrected chi connectivity index (χ4v) is 4.85. The summed E-state index contributed by atoms with van der Waals surface area (Å²) in [5.41, 5.74) is 0. The Kier molecular flexibility index (Phi) is 5.24. The molecular weight excluding hydrogens is 290 g/mol. The van der Waals surface area contributed by atoms with E-state index in [2.05, 4.69) is 16.7 Å². The Labute approximate surface area is 140 Å². The molecule has 0 aromatic rings. The van der Waals surface area contributed by atoms with Gasteiger partial charge in [-0.1, -0.05) is 6.92 Å². The Bertz CT molecular complexity index is 454. The minimum Gasteiger partial charge on any atom is -0.342 e. The summed E-state index contributed by atoms with van der Waals surface area (Å²) in [5, 5.41) is 0. The van der Waals surface area contributed by atoms with E-state index in [4.69, 9.17) is 0 Å². The molecule has 0 saturated carbocycles. The largest absolute Gasteiger partial charge is 0.342 e. The Morgan fingerprint density at radius 2 is 1.65 bits per heavy atom. The SMILES string of the molecule is CCN1CCCC1C1CCCN1C(=O)C1CCCN(C(C)=O)C1. The lowest BCUT2D eigenvalue weighted by molar-refractivity contribution is -0.141. The molecule has 5 heteroatoms. The number of carbonyl (C=O) groups is 2. The molecule has 3 unspecified atom stereocenters. The number of hydrogen-bond donors (Lipinski definition) is 0. The minimum absolute atomic E-state index is 0.0183. The molecule has 3 saturated heterocycles. The monoisotopic (exact) mass is 321 g/mol. The average molecular weight is 321 g/mol. The van der Waals surface area contributed by atoms with Crippen LogP contribution in [-0.2, 0) is 9.59 Å². The van der Waals surface area contributed by atoms with Crippen molar-refractivity contribution in [3.8, 4) is 0 Å². The van der Waals surface area contributed by atoms with Crippen LogP contribution in [0.5, 0.6) is 0 Å². The third-order valence-corrected chi connectivity index (χ3v) is 6.06. The molecule has 3 rings (SSSR count). The van der Waals surface area contributed by atoms with E-state index in [9.17, 15) is 9.59 Å². The van der Waals surface area contributed by atoms with E-state index in [-0.39, 0.29) is 11.8 Å². The molecule has 0 N–H and O–H groups in total. The number of nitrogens with zero attached hydrogens (tertiary/aromatic N) is 3. The van der Waals surface area contributed by atoms with Gasteiger partial charge in [-0.05, 0) is 51.6 Å². The third-order valence-electron chi connectivity index (χ3n) is 6.06. The van der Waals surface area contributed by atoms with Crippen LogP contribution in [0.25, 0.3) is 0 Å². The van der Waals surface area contributed by atoms with Crippen LogP contribution in [0.3, 0.4) is 0 Å². The van der Waals surface area contributed by atoms with Crippen LogP contribution in [0.1, 0.15) is 52.4 Å². The summed E-state index contributed by atoms with van der Waals surface area (Å²) in [7, 11) is 0. The summed E-state index contributed by atoms with van der Waals surface area (Å²) in [5.74, 6) is 0.430. The van der Waals surface area contributed by atoms with Crippen molar-refractivity contribution < 1.29 is 9.59 Å². The van der Waals surface area contributed by atoms with Gasteiger partial charge in [0.15, 0.2) is 0 Å². The van der Waals surface area contributed by atoms with Gasteiger partial charge in [-0.15, -0.1) is 0 Å².